The van der Waals surface area contributed by atoms with Crippen molar-refractivity contribution >= 4 is 23.1 Å². The second kappa shape index (κ2) is 6.30. The summed E-state index contributed by atoms with van der Waals surface area (Å²) in [5.74, 6) is -0.738. The fourth-order valence-corrected chi connectivity index (χ4v) is 3.01. The molecule has 1 aromatic carbocycles. The highest BCUT2D eigenvalue weighted by Crippen LogP contribution is 2.29. The number of nitrogens with one attached hydrogen (secondary N) is 1. The maximum atomic E-state index is 12.4. The number of hydrogen-bond donors (Lipinski definition) is 4. The van der Waals surface area contributed by atoms with E-state index in [9.17, 15) is 15.0 Å². The number of carbonyl (C=O) groups excluding carboxylic acids is 1. The van der Waals surface area contributed by atoms with Crippen LogP contribution >= 0.6 is 12.2 Å². The number of nitrogens with two attached hydrogens (primary N) is 1. The number of phenols is 2. The van der Waals surface area contributed by atoms with Crippen molar-refractivity contribution in [3.63, 3.8) is 0 Å². The van der Waals surface area contributed by atoms with Crippen LogP contribution < -0.4 is 11.1 Å². The van der Waals surface area contributed by atoms with Gasteiger partial charge in [-0.05, 0) is 31.0 Å². The predicted molar refractivity (Wildman–Crippen MR) is 84.5 cm³/mol. The quantitative estimate of drug-likeness (QED) is 0.390. The first-order chi connectivity index (χ1) is 9.94. The van der Waals surface area contributed by atoms with Crippen LogP contribution in [0.25, 0.3) is 0 Å². The number of aromatic hydroxyl groups is 2. The van der Waals surface area contributed by atoms with Crippen LogP contribution in [0, 0.1) is 0 Å². The van der Waals surface area contributed by atoms with Crippen molar-refractivity contribution < 1.29 is 15.0 Å². The third-order valence-corrected chi connectivity index (χ3v) is 4.40. The molecule has 5 N–H and O–H groups in total. The molecule has 21 heavy (non-hydrogen) atoms. The molecule has 1 aromatic rings. The van der Waals surface area contributed by atoms with Gasteiger partial charge >= 0.3 is 0 Å². The van der Waals surface area contributed by atoms with Gasteiger partial charge in [0.05, 0.1) is 16.1 Å². The molecule has 0 aromatic heterocycles. The molecule has 6 heteroatoms. The highest BCUT2D eigenvalue weighted by Gasteiger charge is 2.36. The van der Waals surface area contributed by atoms with Gasteiger partial charge in [0.2, 0.25) is 0 Å². The molecule has 5 nitrogen and oxygen atoms in total. The molecule has 0 saturated heterocycles. The molecule has 2 rings (SSSR count). The molecule has 1 fully saturated rings. The number of phenolic OH excluding ortho intramolecular Hbond substituents is 2. The molecular weight excluding hydrogens is 288 g/mol. The van der Waals surface area contributed by atoms with Gasteiger partial charge in [-0.25, -0.2) is 0 Å². The molecule has 114 valence electrons. The minimum atomic E-state index is -0.708. The average molecular weight is 308 g/mol. The molecule has 0 atom stereocenters. The summed E-state index contributed by atoms with van der Waals surface area (Å²) in [5, 5.41) is 22.1. The van der Waals surface area contributed by atoms with Gasteiger partial charge in [0.15, 0.2) is 0 Å². The largest absolute Gasteiger partial charge is 0.508 e. The van der Waals surface area contributed by atoms with Crippen LogP contribution in [0.2, 0.25) is 0 Å². The van der Waals surface area contributed by atoms with Gasteiger partial charge in [0, 0.05) is 0 Å². The summed E-state index contributed by atoms with van der Waals surface area (Å²) >= 11 is 5.17. The summed E-state index contributed by atoms with van der Waals surface area (Å²) in [6.07, 6.45) is 5.49. The van der Waals surface area contributed by atoms with Crippen LogP contribution in [0.4, 0.5) is 0 Å². The van der Waals surface area contributed by atoms with Crippen LogP contribution in [0.3, 0.4) is 0 Å². The van der Waals surface area contributed by atoms with Gasteiger partial charge in [-0.1, -0.05) is 37.9 Å². The van der Waals surface area contributed by atoms with Crippen molar-refractivity contribution in [1.29, 1.82) is 0 Å². The number of amides is 1. The van der Waals surface area contributed by atoms with Crippen molar-refractivity contribution in [2.24, 2.45) is 5.73 Å². The van der Waals surface area contributed by atoms with E-state index in [2.05, 4.69) is 5.32 Å². The van der Waals surface area contributed by atoms with E-state index >= 15 is 0 Å². The zero-order valence-corrected chi connectivity index (χ0v) is 12.6. The lowest BCUT2D eigenvalue weighted by molar-refractivity contribution is 0.0914. The Bertz CT molecular complexity index is 552. The molecule has 1 aliphatic rings. The number of thiocarbonyl (C=S) groups is 1. The first-order valence-electron chi connectivity index (χ1n) is 7.09. The summed E-state index contributed by atoms with van der Waals surface area (Å²) < 4.78 is 0. The standard InChI is InChI=1S/C15H20N2O3S/c16-14(21)15(7-3-1-2-4-8-15)17-13(20)11-9-10(18)5-6-12(11)19/h5-6,9,18-19H,1-4,7-8H2,(H2,16,21)(H,17,20). The highest BCUT2D eigenvalue weighted by atomic mass is 32.1. The lowest BCUT2D eigenvalue weighted by atomic mass is 9.89. The van der Waals surface area contributed by atoms with E-state index in [-0.39, 0.29) is 22.1 Å². The van der Waals surface area contributed by atoms with Crippen molar-refractivity contribution in [3.05, 3.63) is 23.8 Å². The maximum Gasteiger partial charge on any atom is 0.255 e. The second-order valence-corrected chi connectivity index (χ2v) is 5.96. The number of benzene rings is 1. The van der Waals surface area contributed by atoms with Gasteiger partial charge < -0.3 is 21.3 Å². The van der Waals surface area contributed by atoms with Gasteiger partial charge in [-0.15, -0.1) is 0 Å². The van der Waals surface area contributed by atoms with Crippen LogP contribution in [0.1, 0.15) is 48.9 Å². The molecular formula is C15H20N2O3S. The minimum Gasteiger partial charge on any atom is -0.508 e. The molecule has 0 spiro atoms. The lowest BCUT2D eigenvalue weighted by Crippen LogP contribution is -2.56. The SMILES string of the molecule is NC(=S)C1(NC(=O)c2cc(O)ccc2O)CCCCCC1. The zero-order chi connectivity index (χ0) is 15.5. The number of hydrogen-bond acceptors (Lipinski definition) is 4. The van der Waals surface area contributed by atoms with Crippen molar-refractivity contribution in [1.82, 2.24) is 5.32 Å². The Labute approximate surface area is 129 Å². The third-order valence-electron chi connectivity index (χ3n) is 4.01. The first kappa shape index (κ1) is 15.6. The topological polar surface area (TPSA) is 95.6 Å². The van der Waals surface area contributed by atoms with E-state index < -0.39 is 11.4 Å². The van der Waals surface area contributed by atoms with Gasteiger partial charge in [-0.2, -0.15) is 0 Å². The van der Waals surface area contributed by atoms with Crippen LogP contribution in [-0.4, -0.2) is 26.6 Å². The van der Waals surface area contributed by atoms with Crippen LogP contribution in [0.15, 0.2) is 18.2 Å². The summed E-state index contributed by atoms with van der Waals surface area (Å²) in [7, 11) is 0. The zero-order valence-electron chi connectivity index (χ0n) is 11.8. The Morgan fingerprint density at radius 3 is 2.38 bits per heavy atom. The van der Waals surface area contributed by atoms with E-state index in [1.54, 1.807) is 0 Å². The number of rotatable bonds is 3. The maximum absolute atomic E-state index is 12.4. The van der Waals surface area contributed by atoms with E-state index in [0.717, 1.165) is 25.7 Å². The third kappa shape index (κ3) is 3.44. The van der Waals surface area contributed by atoms with E-state index in [1.165, 1.54) is 18.2 Å². The Hall–Kier alpha value is -1.82. The van der Waals surface area contributed by atoms with Gasteiger partial charge in [0.25, 0.3) is 5.91 Å². The van der Waals surface area contributed by atoms with Gasteiger partial charge in [0.1, 0.15) is 11.5 Å². The summed E-state index contributed by atoms with van der Waals surface area (Å²) in [5.41, 5.74) is 5.19. The molecule has 1 saturated carbocycles. The fraction of sp³-hybridized carbons (Fsp3) is 0.467. The Balaban J connectivity index is 2.26. The molecule has 0 unspecified atom stereocenters. The predicted octanol–water partition coefficient (Wildman–Crippen LogP) is 2.21. The van der Waals surface area contributed by atoms with Crippen molar-refractivity contribution in [2.45, 2.75) is 44.1 Å². The van der Waals surface area contributed by atoms with Crippen LogP contribution in [-0.2, 0) is 0 Å². The highest BCUT2D eigenvalue weighted by molar-refractivity contribution is 7.80. The first-order valence-corrected chi connectivity index (χ1v) is 7.50. The van der Waals surface area contributed by atoms with E-state index in [0.29, 0.717) is 12.8 Å². The summed E-state index contributed by atoms with van der Waals surface area (Å²) in [6, 6.07) is 3.83. The summed E-state index contributed by atoms with van der Waals surface area (Å²) in [6.45, 7) is 0. The second-order valence-electron chi connectivity index (χ2n) is 5.52. The van der Waals surface area contributed by atoms with Crippen molar-refractivity contribution in [2.75, 3.05) is 0 Å². The van der Waals surface area contributed by atoms with Gasteiger partial charge in [-0.3, -0.25) is 4.79 Å². The molecule has 0 aliphatic heterocycles. The Morgan fingerprint density at radius 2 is 1.81 bits per heavy atom. The molecule has 0 heterocycles. The smallest absolute Gasteiger partial charge is 0.255 e. The van der Waals surface area contributed by atoms with Crippen LogP contribution in [0.5, 0.6) is 11.5 Å². The molecule has 1 amide bonds. The average Bonchev–Trinajstić information content (AvgIpc) is 2.68. The Morgan fingerprint density at radius 1 is 1.19 bits per heavy atom. The molecule has 0 bridgehead atoms. The molecule has 0 radical (unpaired) electrons. The lowest BCUT2D eigenvalue weighted by Gasteiger charge is -2.33. The molecule has 1 aliphatic carbocycles. The monoisotopic (exact) mass is 308 g/mol. The van der Waals surface area contributed by atoms with Crippen molar-refractivity contribution in [3.8, 4) is 11.5 Å². The minimum absolute atomic E-state index is 0.0230. The fourth-order valence-electron chi connectivity index (χ4n) is 2.76. The number of carbonyl (C=O) groups is 1. The van der Waals surface area contributed by atoms with E-state index in [4.69, 9.17) is 18.0 Å². The Kier molecular flexibility index (Phi) is 4.67. The summed E-state index contributed by atoms with van der Waals surface area (Å²) in [4.78, 5) is 12.7. The van der Waals surface area contributed by atoms with E-state index in [1.807, 2.05) is 0 Å². The normalized spacial score (nSPS) is 17.7.